The van der Waals surface area contributed by atoms with Gasteiger partial charge < -0.3 is 10.1 Å². The van der Waals surface area contributed by atoms with Gasteiger partial charge >= 0.3 is 0 Å². The molecule has 1 aromatic heterocycles. The van der Waals surface area contributed by atoms with E-state index in [1.165, 1.54) is 12.8 Å². The van der Waals surface area contributed by atoms with Gasteiger partial charge in [0, 0.05) is 25.5 Å². The van der Waals surface area contributed by atoms with Crippen molar-refractivity contribution >= 4 is 11.3 Å². The van der Waals surface area contributed by atoms with Gasteiger partial charge in [-0.2, -0.15) is 0 Å². The molecule has 0 spiro atoms. The summed E-state index contributed by atoms with van der Waals surface area (Å²) < 4.78 is 5.31. The number of nitrogens with one attached hydrogen (secondary N) is 1. The fourth-order valence-corrected chi connectivity index (χ4v) is 2.49. The summed E-state index contributed by atoms with van der Waals surface area (Å²) in [6, 6.07) is 0.811. The van der Waals surface area contributed by atoms with Crippen LogP contribution in [0.25, 0.3) is 0 Å². The summed E-state index contributed by atoms with van der Waals surface area (Å²) in [5.41, 5.74) is 0. The molecule has 0 bridgehead atoms. The Labute approximate surface area is 107 Å². The Balaban J connectivity index is 1.59. The van der Waals surface area contributed by atoms with E-state index >= 15 is 0 Å². The molecule has 1 heterocycles. The van der Waals surface area contributed by atoms with Gasteiger partial charge in [0.1, 0.15) is 10.0 Å². The lowest BCUT2D eigenvalue weighted by Gasteiger charge is -1.99. The van der Waals surface area contributed by atoms with Crippen LogP contribution in [-0.4, -0.2) is 36.0 Å². The molecule has 0 aliphatic heterocycles. The highest BCUT2D eigenvalue weighted by Gasteiger charge is 2.19. The third kappa shape index (κ3) is 5.10. The Morgan fingerprint density at radius 1 is 1.29 bits per heavy atom. The molecule has 0 amide bonds. The zero-order chi connectivity index (χ0) is 11.9. The van der Waals surface area contributed by atoms with Gasteiger partial charge in [0.25, 0.3) is 0 Å². The lowest BCUT2D eigenvalue weighted by Crippen LogP contribution is -2.17. The first kappa shape index (κ1) is 12.9. The van der Waals surface area contributed by atoms with E-state index in [1.54, 1.807) is 11.3 Å². The van der Waals surface area contributed by atoms with Gasteiger partial charge in [-0.05, 0) is 32.7 Å². The molecule has 1 N–H and O–H groups in total. The third-order valence-electron chi connectivity index (χ3n) is 2.75. The molecule has 1 fully saturated rings. The largest absolute Gasteiger partial charge is 0.381 e. The van der Waals surface area contributed by atoms with E-state index in [0.29, 0.717) is 0 Å². The van der Waals surface area contributed by atoms with Crippen LogP contribution in [0.2, 0.25) is 0 Å². The molecular weight excluding hydrogens is 234 g/mol. The van der Waals surface area contributed by atoms with Crippen molar-refractivity contribution in [1.29, 1.82) is 0 Å². The predicted molar refractivity (Wildman–Crippen MR) is 69.5 cm³/mol. The summed E-state index contributed by atoms with van der Waals surface area (Å²) in [6.07, 6.45) is 5.83. The average Bonchev–Trinajstić information content (AvgIpc) is 3.05. The minimum atomic E-state index is 0.758. The molecular formula is C12H21N3OS. The maximum absolute atomic E-state index is 5.31. The molecule has 0 unspecified atom stereocenters. The topological polar surface area (TPSA) is 47.0 Å². The minimum Gasteiger partial charge on any atom is -0.381 e. The Morgan fingerprint density at radius 3 is 2.76 bits per heavy atom. The number of aryl methyl sites for hydroxylation is 1. The van der Waals surface area contributed by atoms with Crippen LogP contribution < -0.4 is 5.32 Å². The van der Waals surface area contributed by atoms with E-state index < -0.39 is 0 Å². The molecule has 96 valence electrons. The van der Waals surface area contributed by atoms with Crippen molar-refractivity contribution in [2.24, 2.45) is 0 Å². The number of hydrogen-bond acceptors (Lipinski definition) is 5. The minimum absolute atomic E-state index is 0.758. The van der Waals surface area contributed by atoms with Crippen LogP contribution in [-0.2, 0) is 17.6 Å². The lowest BCUT2D eigenvalue weighted by atomic mass is 10.3. The van der Waals surface area contributed by atoms with Gasteiger partial charge in [-0.1, -0.05) is 0 Å². The fourth-order valence-electron chi connectivity index (χ4n) is 1.63. The Hall–Kier alpha value is -0.520. The van der Waals surface area contributed by atoms with E-state index in [2.05, 4.69) is 15.5 Å². The fraction of sp³-hybridized carbons (Fsp3) is 0.833. The van der Waals surface area contributed by atoms with E-state index in [9.17, 15) is 0 Å². The maximum Gasteiger partial charge on any atom is 0.119 e. The first-order valence-corrected chi connectivity index (χ1v) is 7.32. The van der Waals surface area contributed by atoms with E-state index in [0.717, 1.165) is 55.1 Å². The SMILES string of the molecule is CCOCCc1nnc(CCCNC2CC2)s1. The van der Waals surface area contributed by atoms with Gasteiger partial charge in [0.05, 0.1) is 6.61 Å². The molecule has 0 saturated heterocycles. The van der Waals surface area contributed by atoms with Crippen molar-refractivity contribution in [2.75, 3.05) is 19.8 Å². The molecule has 17 heavy (non-hydrogen) atoms. The number of rotatable bonds is 9. The van der Waals surface area contributed by atoms with E-state index in [4.69, 9.17) is 4.74 Å². The standard InChI is InChI=1S/C12H21N3OS/c1-2-16-9-7-12-15-14-11(17-12)4-3-8-13-10-5-6-10/h10,13H,2-9H2,1H3. The molecule has 1 aromatic rings. The second-order valence-corrected chi connectivity index (χ2v) is 5.52. The normalized spacial score (nSPS) is 15.4. The van der Waals surface area contributed by atoms with Gasteiger partial charge in [-0.3, -0.25) is 0 Å². The quantitative estimate of drug-likeness (QED) is 0.684. The molecule has 5 heteroatoms. The summed E-state index contributed by atoms with van der Waals surface area (Å²) in [6.45, 7) is 4.66. The molecule has 2 rings (SSSR count). The number of nitrogens with zero attached hydrogens (tertiary/aromatic N) is 2. The molecule has 1 aliphatic rings. The predicted octanol–water partition coefficient (Wildman–Crippen LogP) is 1.80. The molecule has 1 saturated carbocycles. The Kier molecular flexibility index (Phi) is 5.35. The third-order valence-corrected chi connectivity index (χ3v) is 3.79. The van der Waals surface area contributed by atoms with Gasteiger partial charge in [0.15, 0.2) is 0 Å². The smallest absolute Gasteiger partial charge is 0.119 e. The zero-order valence-corrected chi connectivity index (χ0v) is 11.3. The van der Waals surface area contributed by atoms with Crippen molar-refractivity contribution < 1.29 is 4.74 Å². The van der Waals surface area contributed by atoms with Crippen LogP contribution >= 0.6 is 11.3 Å². The summed E-state index contributed by atoms with van der Waals surface area (Å²) in [5, 5.41) is 14.2. The number of hydrogen-bond donors (Lipinski definition) is 1. The van der Waals surface area contributed by atoms with Crippen LogP contribution in [0.1, 0.15) is 36.2 Å². The summed E-state index contributed by atoms with van der Waals surface area (Å²) >= 11 is 1.73. The monoisotopic (exact) mass is 255 g/mol. The molecule has 0 radical (unpaired) electrons. The van der Waals surface area contributed by atoms with Crippen LogP contribution in [0.5, 0.6) is 0 Å². The maximum atomic E-state index is 5.31. The van der Waals surface area contributed by atoms with Crippen LogP contribution in [0, 0.1) is 0 Å². The number of aromatic nitrogens is 2. The van der Waals surface area contributed by atoms with Gasteiger partial charge in [-0.15, -0.1) is 21.5 Å². The zero-order valence-electron chi connectivity index (χ0n) is 10.4. The van der Waals surface area contributed by atoms with Crippen LogP contribution in [0.15, 0.2) is 0 Å². The first-order chi connectivity index (χ1) is 8.38. The highest BCUT2D eigenvalue weighted by atomic mass is 32.1. The molecule has 4 nitrogen and oxygen atoms in total. The van der Waals surface area contributed by atoms with Crippen molar-refractivity contribution in [3.63, 3.8) is 0 Å². The first-order valence-electron chi connectivity index (χ1n) is 6.51. The molecule has 1 aliphatic carbocycles. The van der Waals surface area contributed by atoms with E-state index in [-0.39, 0.29) is 0 Å². The molecule has 0 aromatic carbocycles. The highest BCUT2D eigenvalue weighted by Crippen LogP contribution is 2.18. The van der Waals surface area contributed by atoms with Crippen LogP contribution in [0.4, 0.5) is 0 Å². The summed E-state index contributed by atoms with van der Waals surface area (Å²) in [4.78, 5) is 0. The van der Waals surface area contributed by atoms with Crippen molar-refractivity contribution in [2.45, 2.75) is 45.1 Å². The van der Waals surface area contributed by atoms with Crippen molar-refractivity contribution in [3.8, 4) is 0 Å². The Morgan fingerprint density at radius 2 is 2.06 bits per heavy atom. The molecule has 0 atom stereocenters. The van der Waals surface area contributed by atoms with Gasteiger partial charge in [0.2, 0.25) is 0 Å². The second kappa shape index (κ2) is 7.03. The van der Waals surface area contributed by atoms with Crippen molar-refractivity contribution in [1.82, 2.24) is 15.5 Å². The highest BCUT2D eigenvalue weighted by molar-refractivity contribution is 7.11. The lowest BCUT2D eigenvalue weighted by molar-refractivity contribution is 0.150. The average molecular weight is 255 g/mol. The van der Waals surface area contributed by atoms with Gasteiger partial charge in [-0.25, -0.2) is 0 Å². The Bertz CT molecular complexity index is 325. The summed E-state index contributed by atoms with van der Waals surface area (Å²) in [5.74, 6) is 0. The second-order valence-electron chi connectivity index (χ2n) is 4.37. The number of ether oxygens (including phenoxy) is 1. The van der Waals surface area contributed by atoms with Crippen LogP contribution in [0.3, 0.4) is 0 Å². The summed E-state index contributed by atoms with van der Waals surface area (Å²) in [7, 11) is 0. The van der Waals surface area contributed by atoms with E-state index in [1.807, 2.05) is 6.92 Å². The van der Waals surface area contributed by atoms with Crippen molar-refractivity contribution in [3.05, 3.63) is 10.0 Å².